The van der Waals surface area contributed by atoms with Crippen molar-refractivity contribution in [2.45, 2.75) is 46.7 Å². The SMILES string of the molecule is C=CCN(C(=O)N[C@@H](C(=O)O)C(C)(C)C)C(C)C. The molecule has 2 amide bonds. The monoisotopic (exact) mass is 256 g/mol. The number of amides is 2. The molecule has 104 valence electrons. The first-order valence-corrected chi connectivity index (χ1v) is 6.02. The highest BCUT2D eigenvalue weighted by Crippen LogP contribution is 2.19. The van der Waals surface area contributed by atoms with Gasteiger partial charge in [0, 0.05) is 12.6 Å². The molecule has 0 aromatic carbocycles. The van der Waals surface area contributed by atoms with Crippen molar-refractivity contribution in [3.63, 3.8) is 0 Å². The number of hydrogen-bond acceptors (Lipinski definition) is 2. The Kier molecular flexibility index (Phi) is 5.88. The average Bonchev–Trinajstić information content (AvgIpc) is 2.19. The standard InChI is InChI=1S/C13H24N2O3/c1-7-8-15(9(2)3)12(18)14-10(11(16)17)13(4,5)6/h7,9-10H,1,8H2,2-6H3,(H,14,18)(H,16,17)/t10-/m0/s1. The van der Waals surface area contributed by atoms with Gasteiger partial charge < -0.3 is 15.3 Å². The number of carboxylic acid groups (broad SMARTS) is 1. The van der Waals surface area contributed by atoms with Gasteiger partial charge in [0.15, 0.2) is 0 Å². The lowest BCUT2D eigenvalue weighted by Crippen LogP contribution is -2.54. The van der Waals surface area contributed by atoms with Crippen LogP contribution in [-0.4, -0.2) is 40.6 Å². The lowest BCUT2D eigenvalue weighted by Gasteiger charge is -2.32. The van der Waals surface area contributed by atoms with E-state index in [1.165, 1.54) is 4.90 Å². The summed E-state index contributed by atoms with van der Waals surface area (Å²) in [7, 11) is 0. The van der Waals surface area contributed by atoms with Crippen LogP contribution in [0.25, 0.3) is 0 Å². The molecule has 0 bridgehead atoms. The first-order valence-electron chi connectivity index (χ1n) is 6.02. The second kappa shape index (κ2) is 6.42. The molecule has 0 heterocycles. The van der Waals surface area contributed by atoms with E-state index in [0.29, 0.717) is 6.54 Å². The summed E-state index contributed by atoms with van der Waals surface area (Å²) in [5.74, 6) is -1.03. The molecular weight excluding hydrogens is 232 g/mol. The Hall–Kier alpha value is -1.52. The van der Waals surface area contributed by atoms with Crippen molar-refractivity contribution in [3.05, 3.63) is 12.7 Å². The number of nitrogens with one attached hydrogen (secondary N) is 1. The number of aliphatic carboxylic acids is 1. The zero-order valence-corrected chi connectivity index (χ0v) is 11.9. The predicted molar refractivity (Wildman–Crippen MR) is 71.4 cm³/mol. The van der Waals surface area contributed by atoms with Gasteiger partial charge in [0.05, 0.1) is 0 Å². The van der Waals surface area contributed by atoms with Gasteiger partial charge in [-0.1, -0.05) is 26.8 Å². The van der Waals surface area contributed by atoms with Crippen LogP contribution in [0.4, 0.5) is 4.79 Å². The summed E-state index contributed by atoms with van der Waals surface area (Å²) in [4.78, 5) is 24.8. The number of carbonyl (C=O) groups is 2. The molecule has 0 fully saturated rings. The summed E-state index contributed by atoms with van der Waals surface area (Å²) < 4.78 is 0. The largest absolute Gasteiger partial charge is 0.480 e. The zero-order valence-electron chi connectivity index (χ0n) is 11.9. The molecule has 0 aromatic heterocycles. The van der Waals surface area contributed by atoms with Gasteiger partial charge in [-0.3, -0.25) is 0 Å². The van der Waals surface area contributed by atoms with Gasteiger partial charge >= 0.3 is 12.0 Å². The molecule has 0 aliphatic heterocycles. The Morgan fingerprint density at radius 2 is 1.89 bits per heavy atom. The quantitative estimate of drug-likeness (QED) is 0.740. The highest BCUT2D eigenvalue weighted by Gasteiger charge is 2.33. The lowest BCUT2D eigenvalue weighted by molar-refractivity contribution is -0.142. The first kappa shape index (κ1) is 16.5. The summed E-state index contributed by atoms with van der Waals surface area (Å²) in [6.07, 6.45) is 1.62. The van der Waals surface area contributed by atoms with E-state index in [1.54, 1.807) is 26.8 Å². The number of urea groups is 1. The molecule has 0 aliphatic rings. The van der Waals surface area contributed by atoms with E-state index >= 15 is 0 Å². The minimum atomic E-state index is -1.03. The Morgan fingerprint density at radius 1 is 1.39 bits per heavy atom. The molecule has 5 heteroatoms. The number of nitrogens with zero attached hydrogens (tertiary/aromatic N) is 1. The summed E-state index contributed by atoms with van der Waals surface area (Å²) >= 11 is 0. The molecule has 1 atom stereocenters. The number of carbonyl (C=O) groups excluding carboxylic acids is 1. The van der Waals surface area contributed by atoms with E-state index in [-0.39, 0.29) is 12.1 Å². The van der Waals surface area contributed by atoms with Crippen LogP contribution in [0.1, 0.15) is 34.6 Å². The minimum Gasteiger partial charge on any atom is -0.480 e. The second-order valence-corrected chi connectivity index (χ2v) is 5.62. The molecule has 18 heavy (non-hydrogen) atoms. The number of hydrogen-bond donors (Lipinski definition) is 2. The normalized spacial score (nSPS) is 13.0. The highest BCUT2D eigenvalue weighted by molar-refractivity contribution is 5.83. The van der Waals surface area contributed by atoms with Crippen LogP contribution in [0.15, 0.2) is 12.7 Å². The average molecular weight is 256 g/mol. The molecule has 0 saturated carbocycles. The van der Waals surface area contributed by atoms with E-state index < -0.39 is 17.4 Å². The maximum Gasteiger partial charge on any atom is 0.326 e. The van der Waals surface area contributed by atoms with Crippen molar-refractivity contribution >= 4 is 12.0 Å². The number of rotatable bonds is 5. The van der Waals surface area contributed by atoms with Crippen molar-refractivity contribution in [1.82, 2.24) is 10.2 Å². The van der Waals surface area contributed by atoms with Crippen molar-refractivity contribution in [2.24, 2.45) is 5.41 Å². The summed E-state index contributed by atoms with van der Waals surface area (Å²) in [5, 5.41) is 11.7. The Labute approximate surface area is 109 Å². The zero-order chi connectivity index (χ0) is 14.5. The Balaban J connectivity index is 4.88. The van der Waals surface area contributed by atoms with Gasteiger partial charge in [0.2, 0.25) is 0 Å². The fraction of sp³-hybridized carbons (Fsp3) is 0.692. The highest BCUT2D eigenvalue weighted by atomic mass is 16.4. The molecule has 5 nitrogen and oxygen atoms in total. The third-order valence-corrected chi connectivity index (χ3v) is 2.59. The summed E-state index contributed by atoms with van der Waals surface area (Å²) in [5.41, 5.74) is -0.543. The molecule has 0 saturated heterocycles. The predicted octanol–water partition coefficient (Wildman–Crippen LogP) is 2.09. The molecule has 2 N–H and O–H groups in total. The topological polar surface area (TPSA) is 69.6 Å². The number of carboxylic acids is 1. The summed E-state index contributed by atoms with van der Waals surface area (Å²) in [6.45, 7) is 13.1. The van der Waals surface area contributed by atoms with E-state index in [4.69, 9.17) is 5.11 Å². The maximum absolute atomic E-state index is 12.0. The lowest BCUT2D eigenvalue weighted by atomic mass is 9.87. The van der Waals surface area contributed by atoms with Gasteiger partial charge in [0.1, 0.15) is 6.04 Å². The van der Waals surface area contributed by atoms with E-state index in [1.807, 2.05) is 13.8 Å². The maximum atomic E-state index is 12.0. The van der Waals surface area contributed by atoms with Crippen molar-refractivity contribution in [2.75, 3.05) is 6.54 Å². The Morgan fingerprint density at radius 3 is 2.17 bits per heavy atom. The second-order valence-electron chi connectivity index (χ2n) is 5.62. The minimum absolute atomic E-state index is 0.0163. The van der Waals surface area contributed by atoms with Gasteiger partial charge in [-0.15, -0.1) is 6.58 Å². The first-order chi connectivity index (χ1) is 8.11. The van der Waals surface area contributed by atoms with Crippen LogP contribution in [-0.2, 0) is 4.79 Å². The summed E-state index contributed by atoms with van der Waals surface area (Å²) in [6, 6.07) is -1.32. The van der Waals surface area contributed by atoms with Crippen LogP contribution in [0.3, 0.4) is 0 Å². The molecule has 0 aliphatic carbocycles. The van der Waals surface area contributed by atoms with Crippen molar-refractivity contribution < 1.29 is 14.7 Å². The fourth-order valence-electron chi connectivity index (χ4n) is 1.52. The van der Waals surface area contributed by atoms with E-state index in [9.17, 15) is 9.59 Å². The molecule has 0 radical (unpaired) electrons. The van der Waals surface area contributed by atoms with Gasteiger partial charge in [0.25, 0.3) is 0 Å². The van der Waals surface area contributed by atoms with Gasteiger partial charge in [-0.05, 0) is 19.3 Å². The van der Waals surface area contributed by atoms with Crippen LogP contribution >= 0.6 is 0 Å². The van der Waals surface area contributed by atoms with E-state index in [0.717, 1.165) is 0 Å². The van der Waals surface area contributed by atoms with Crippen LogP contribution < -0.4 is 5.32 Å². The smallest absolute Gasteiger partial charge is 0.326 e. The molecule has 0 rings (SSSR count). The van der Waals surface area contributed by atoms with Crippen LogP contribution in [0.5, 0.6) is 0 Å². The van der Waals surface area contributed by atoms with Crippen molar-refractivity contribution in [1.29, 1.82) is 0 Å². The van der Waals surface area contributed by atoms with E-state index in [2.05, 4.69) is 11.9 Å². The fourth-order valence-corrected chi connectivity index (χ4v) is 1.52. The van der Waals surface area contributed by atoms with Crippen molar-refractivity contribution in [3.8, 4) is 0 Å². The molecule has 0 spiro atoms. The molecule has 0 aromatic rings. The van der Waals surface area contributed by atoms with Gasteiger partial charge in [-0.25, -0.2) is 9.59 Å². The third kappa shape index (κ3) is 4.77. The van der Waals surface area contributed by atoms with Crippen LogP contribution in [0, 0.1) is 5.41 Å². The van der Waals surface area contributed by atoms with Gasteiger partial charge in [-0.2, -0.15) is 0 Å². The Bertz CT molecular complexity index is 319. The molecule has 0 unspecified atom stereocenters. The molecular formula is C13H24N2O3. The van der Waals surface area contributed by atoms with Crippen LogP contribution in [0.2, 0.25) is 0 Å². The third-order valence-electron chi connectivity index (χ3n) is 2.59.